The minimum absolute atomic E-state index is 0.158. The van der Waals surface area contributed by atoms with E-state index in [4.69, 9.17) is 9.26 Å². The van der Waals surface area contributed by atoms with Crippen molar-refractivity contribution in [2.45, 2.75) is 26.3 Å². The first kappa shape index (κ1) is 14.7. The molecule has 0 unspecified atom stereocenters. The lowest BCUT2D eigenvalue weighted by molar-refractivity contribution is -0.143. The Morgan fingerprint density at radius 3 is 3.20 bits per heavy atom. The highest BCUT2D eigenvalue weighted by Gasteiger charge is 2.09. The predicted octanol–water partition coefficient (Wildman–Crippen LogP) is 2.23. The first-order valence-corrected chi connectivity index (χ1v) is 7.40. The SMILES string of the molecule is CCOC(=O)CCCNCc1noc(-c2cccs2)n1. The van der Waals surface area contributed by atoms with E-state index in [9.17, 15) is 4.79 Å². The van der Waals surface area contributed by atoms with Crippen LogP contribution in [0.4, 0.5) is 0 Å². The summed E-state index contributed by atoms with van der Waals surface area (Å²) in [6.45, 7) is 3.47. The van der Waals surface area contributed by atoms with E-state index < -0.39 is 0 Å². The highest BCUT2D eigenvalue weighted by Crippen LogP contribution is 2.22. The summed E-state index contributed by atoms with van der Waals surface area (Å²) in [5.74, 6) is 1.00. The van der Waals surface area contributed by atoms with E-state index in [2.05, 4.69) is 15.5 Å². The zero-order valence-corrected chi connectivity index (χ0v) is 12.1. The third-order valence-corrected chi connectivity index (χ3v) is 3.38. The average molecular weight is 295 g/mol. The Bertz CT molecular complexity index is 525. The summed E-state index contributed by atoms with van der Waals surface area (Å²) in [6, 6.07) is 3.88. The van der Waals surface area contributed by atoms with Gasteiger partial charge in [-0.25, -0.2) is 0 Å². The van der Waals surface area contributed by atoms with Gasteiger partial charge in [-0.05, 0) is 31.3 Å². The Morgan fingerprint density at radius 2 is 2.45 bits per heavy atom. The van der Waals surface area contributed by atoms with Gasteiger partial charge in [0.15, 0.2) is 5.82 Å². The molecule has 0 radical (unpaired) electrons. The predicted molar refractivity (Wildman–Crippen MR) is 75.2 cm³/mol. The van der Waals surface area contributed by atoms with Crippen LogP contribution in [-0.2, 0) is 16.1 Å². The number of thiophene rings is 1. The number of aromatic nitrogens is 2. The Balaban J connectivity index is 1.66. The van der Waals surface area contributed by atoms with E-state index in [0.717, 1.165) is 11.3 Å². The van der Waals surface area contributed by atoms with Crippen LogP contribution in [0.5, 0.6) is 0 Å². The summed E-state index contributed by atoms with van der Waals surface area (Å²) >= 11 is 1.56. The molecule has 1 N–H and O–H groups in total. The highest BCUT2D eigenvalue weighted by atomic mass is 32.1. The summed E-state index contributed by atoms with van der Waals surface area (Å²) in [4.78, 5) is 16.4. The van der Waals surface area contributed by atoms with Crippen LogP contribution >= 0.6 is 11.3 Å². The number of carbonyl (C=O) groups is 1. The first-order chi connectivity index (χ1) is 9.79. The lowest BCUT2D eigenvalue weighted by atomic mass is 10.3. The third-order valence-electron chi connectivity index (χ3n) is 2.52. The molecule has 0 aliphatic carbocycles. The normalized spacial score (nSPS) is 10.7. The van der Waals surface area contributed by atoms with Crippen molar-refractivity contribution in [3.05, 3.63) is 23.3 Å². The van der Waals surface area contributed by atoms with Crippen molar-refractivity contribution in [2.24, 2.45) is 0 Å². The monoisotopic (exact) mass is 295 g/mol. The molecule has 0 saturated carbocycles. The summed E-state index contributed by atoms with van der Waals surface area (Å²) < 4.78 is 10.0. The Labute approximate surface area is 121 Å². The maximum Gasteiger partial charge on any atom is 0.305 e. The van der Waals surface area contributed by atoms with Crippen molar-refractivity contribution in [1.29, 1.82) is 0 Å². The van der Waals surface area contributed by atoms with Crippen LogP contribution < -0.4 is 5.32 Å². The molecule has 2 rings (SSSR count). The molecule has 0 aliphatic rings. The Hall–Kier alpha value is -1.73. The second kappa shape index (κ2) is 7.76. The second-order valence-corrected chi connectivity index (χ2v) is 5.03. The molecule has 0 bridgehead atoms. The smallest absolute Gasteiger partial charge is 0.305 e. The van der Waals surface area contributed by atoms with Gasteiger partial charge in [-0.15, -0.1) is 11.3 Å². The van der Waals surface area contributed by atoms with E-state index in [-0.39, 0.29) is 5.97 Å². The zero-order chi connectivity index (χ0) is 14.2. The van der Waals surface area contributed by atoms with E-state index in [1.807, 2.05) is 17.5 Å². The number of nitrogens with one attached hydrogen (secondary N) is 1. The fourth-order valence-electron chi connectivity index (χ4n) is 1.62. The molecule has 0 spiro atoms. The summed E-state index contributed by atoms with van der Waals surface area (Å²) in [5, 5.41) is 9.03. The van der Waals surface area contributed by atoms with Crippen molar-refractivity contribution >= 4 is 17.3 Å². The highest BCUT2D eigenvalue weighted by molar-refractivity contribution is 7.13. The molecule has 7 heteroatoms. The van der Waals surface area contributed by atoms with Gasteiger partial charge in [0, 0.05) is 6.42 Å². The lowest BCUT2D eigenvalue weighted by Gasteiger charge is -2.02. The van der Waals surface area contributed by atoms with Crippen molar-refractivity contribution in [2.75, 3.05) is 13.2 Å². The van der Waals surface area contributed by atoms with Gasteiger partial charge in [0.2, 0.25) is 0 Å². The van der Waals surface area contributed by atoms with E-state index in [0.29, 0.717) is 37.8 Å². The number of rotatable bonds is 8. The van der Waals surface area contributed by atoms with Gasteiger partial charge in [0.1, 0.15) is 0 Å². The molecule has 0 saturated heterocycles. The van der Waals surface area contributed by atoms with Crippen LogP contribution in [0.2, 0.25) is 0 Å². The standard InChI is InChI=1S/C13H17N3O3S/c1-2-18-12(17)6-3-7-14-9-11-15-13(19-16-11)10-5-4-8-20-10/h4-5,8,14H,2-3,6-7,9H2,1H3. The largest absolute Gasteiger partial charge is 0.466 e. The van der Waals surface area contributed by atoms with Crippen LogP contribution in [-0.4, -0.2) is 29.3 Å². The second-order valence-electron chi connectivity index (χ2n) is 4.08. The molecule has 0 aromatic carbocycles. The first-order valence-electron chi connectivity index (χ1n) is 6.52. The third kappa shape index (κ3) is 4.43. The summed E-state index contributed by atoms with van der Waals surface area (Å²) in [5.41, 5.74) is 0. The number of nitrogens with zero attached hydrogens (tertiary/aromatic N) is 2. The maximum absolute atomic E-state index is 11.1. The molecule has 0 fully saturated rings. The van der Waals surface area contributed by atoms with Gasteiger partial charge in [0.25, 0.3) is 5.89 Å². The van der Waals surface area contributed by atoms with Crippen molar-refractivity contribution in [3.8, 4) is 10.8 Å². The van der Waals surface area contributed by atoms with Gasteiger partial charge in [0.05, 0.1) is 18.0 Å². The molecule has 2 aromatic rings. The molecule has 6 nitrogen and oxygen atoms in total. The van der Waals surface area contributed by atoms with E-state index >= 15 is 0 Å². The molecular weight excluding hydrogens is 278 g/mol. The average Bonchev–Trinajstić information content (AvgIpc) is 3.09. The topological polar surface area (TPSA) is 77.2 Å². The van der Waals surface area contributed by atoms with Gasteiger partial charge in [-0.3, -0.25) is 4.79 Å². The molecule has 108 valence electrons. The quantitative estimate of drug-likeness (QED) is 0.594. The molecule has 0 amide bonds. The van der Waals surface area contributed by atoms with Crippen molar-refractivity contribution in [3.63, 3.8) is 0 Å². The Morgan fingerprint density at radius 1 is 1.55 bits per heavy atom. The number of carbonyl (C=O) groups excluding carboxylic acids is 1. The van der Waals surface area contributed by atoms with Crippen LogP contribution in [0.3, 0.4) is 0 Å². The van der Waals surface area contributed by atoms with E-state index in [1.165, 1.54) is 0 Å². The van der Waals surface area contributed by atoms with Gasteiger partial charge in [-0.2, -0.15) is 4.98 Å². The molecular formula is C13H17N3O3S. The van der Waals surface area contributed by atoms with Crippen LogP contribution in [0.15, 0.2) is 22.0 Å². The van der Waals surface area contributed by atoms with Gasteiger partial charge < -0.3 is 14.6 Å². The van der Waals surface area contributed by atoms with Crippen LogP contribution in [0, 0.1) is 0 Å². The van der Waals surface area contributed by atoms with Crippen molar-refractivity contribution in [1.82, 2.24) is 15.5 Å². The Kier molecular flexibility index (Phi) is 5.69. The van der Waals surface area contributed by atoms with Crippen molar-refractivity contribution < 1.29 is 14.1 Å². The maximum atomic E-state index is 11.1. The number of esters is 1. The van der Waals surface area contributed by atoms with Crippen LogP contribution in [0.1, 0.15) is 25.6 Å². The summed E-state index contributed by atoms with van der Waals surface area (Å²) in [6.07, 6.45) is 1.15. The molecule has 2 heterocycles. The number of ether oxygens (including phenoxy) is 1. The lowest BCUT2D eigenvalue weighted by Crippen LogP contribution is -2.17. The minimum Gasteiger partial charge on any atom is -0.466 e. The molecule has 20 heavy (non-hydrogen) atoms. The fourth-order valence-corrected chi connectivity index (χ4v) is 2.26. The number of hydrogen-bond acceptors (Lipinski definition) is 7. The number of hydrogen-bond donors (Lipinski definition) is 1. The molecule has 2 aromatic heterocycles. The van der Waals surface area contributed by atoms with Crippen LogP contribution in [0.25, 0.3) is 10.8 Å². The van der Waals surface area contributed by atoms with E-state index in [1.54, 1.807) is 18.3 Å². The fraction of sp³-hybridized carbons (Fsp3) is 0.462. The molecule has 0 atom stereocenters. The minimum atomic E-state index is -0.158. The van der Waals surface area contributed by atoms with Gasteiger partial charge >= 0.3 is 5.97 Å². The molecule has 0 aliphatic heterocycles. The zero-order valence-electron chi connectivity index (χ0n) is 11.3. The summed E-state index contributed by atoms with van der Waals surface area (Å²) in [7, 11) is 0. The van der Waals surface area contributed by atoms with Gasteiger partial charge in [-0.1, -0.05) is 11.2 Å².